The van der Waals surface area contributed by atoms with Crippen LogP contribution in [-0.2, 0) is 17.1 Å². The SMILES string of the molecule is CO.CO.N=Cc1cc(Cl)ccc1[O-].N=Cc1cc(Cl)ccc1[O-].[Cu+2]. The van der Waals surface area contributed by atoms with Crippen LogP contribution in [0.25, 0.3) is 0 Å². The first-order chi connectivity index (χ1) is 11.5. The molecule has 0 aliphatic heterocycles. The van der Waals surface area contributed by atoms with Crippen molar-refractivity contribution in [2.45, 2.75) is 0 Å². The molecule has 9 heteroatoms. The molecule has 141 valence electrons. The van der Waals surface area contributed by atoms with Crippen molar-refractivity contribution in [1.29, 1.82) is 10.8 Å². The van der Waals surface area contributed by atoms with Crippen LogP contribution in [0.1, 0.15) is 11.1 Å². The molecule has 0 saturated carbocycles. The second-order valence-corrected chi connectivity index (χ2v) is 4.53. The maximum atomic E-state index is 10.8. The summed E-state index contributed by atoms with van der Waals surface area (Å²) in [6.45, 7) is 0. The molecule has 0 fully saturated rings. The third kappa shape index (κ3) is 11.6. The van der Waals surface area contributed by atoms with Gasteiger partial charge in [-0.05, 0) is 35.4 Å². The summed E-state index contributed by atoms with van der Waals surface area (Å²) in [6.07, 6.45) is 1.99. The van der Waals surface area contributed by atoms with Gasteiger partial charge in [-0.25, -0.2) is 0 Å². The monoisotopic (exact) mass is 435 g/mol. The van der Waals surface area contributed by atoms with Crippen LogP contribution in [0.5, 0.6) is 11.5 Å². The topological polar surface area (TPSA) is 134 Å². The Morgan fingerprint density at radius 1 is 0.760 bits per heavy atom. The van der Waals surface area contributed by atoms with Gasteiger partial charge in [0.25, 0.3) is 0 Å². The predicted molar refractivity (Wildman–Crippen MR) is 93.9 cm³/mol. The molecule has 6 nitrogen and oxygen atoms in total. The third-order valence-electron chi connectivity index (χ3n) is 2.25. The van der Waals surface area contributed by atoms with Crippen molar-refractivity contribution in [2.24, 2.45) is 0 Å². The second kappa shape index (κ2) is 17.2. The van der Waals surface area contributed by atoms with Crippen LogP contribution in [0.4, 0.5) is 0 Å². The zero-order valence-electron chi connectivity index (χ0n) is 13.4. The predicted octanol–water partition coefficient (Wildman–Crippen LogP) is 2.04. The summed E-state index contributed by atoms with van der Waals surface area (Å²) in [7, 11) is 2.00. The van der Waals surface area contributed by atoms with Crippen LogP contribution >= 0.6 is 23.2 Å². The Balaban J connectivity index is -0.000000312. The van der Waals surface area contributed by atoms with Gasteiger partial charge in [-0.3, -0.25) is 0 Å². The van der Waals surface area contributed by atoms with Gasteiger partial charge in [0.15, 0.2) is 0 Å². The Bertz CT molecular complexity index is 588. The largest absolute Gasteiger partial charge is 2.00 e. The molecule has 0 aromatic heterocycles. The molecule has 4 N–H and O–H groups in total. The van der Waals surface area contributed by atoms with Crippen LogP contribution in [0.3, 0.4) is 0 Å². The van der Waals surface area contributed by atoms with E-state index in [1.54, 1.807) is 0 Å². The summed E-state index contributed by atoms with van der Waals surface area (Å²) < 4.78 is 0. The molecule has 0 bridgehead atoms. The van der Waals surface area contributed by atoms with Crippen molar-refractivity contribution in [3.63, 3.8) is 0 Å². The van der Waals surface area contributed by atoms with Crippen LogP contribution in [0.2, 0.25) is 10.0 Å². The molecule has 0 amide bonds. The van der Waals surface area contributed by atoms with E-state index in [4.69, 9.17) is 44.2 Å². The van der Waals surface area contributed by atoms with Gasteiger partial charge in [0.2, 0.25) is 0 Å². The Kier molecular flexibility index (Phi) is 19.4. The molecule has 2 aromatic rings. The van der Waals surface area contributed by atoms with Crippen LogP contribution in [-0.4, -0.2) is 36.9 Å². The standard InChI is InChI=1S/2C7H6ClNO.2CH4O.Cu/c2*8-6-1-2-7(10)5(3-6)4-9;2*1-2;/h2*1-4,9-10H;2*2H,1H3;/q;;;;+2/p-2. The Labute approximate surface area is 167 Å². The molecule has 1 radical (unpaired) electrons. The maximum Gasteiger partial charge on any atom is 2.00 e. The zero-order chi connectivity index (χ0) is 19.1. The molecule has 0 spiro atoms. The van der Waals surface area contributed by atoms with Gasteiger partial charge in [0, 0.05) is 36.7 Å². The molecule has 0 heterocycles. The molecular formula is C16H18Cl2CuN2O4. The van der Waals surface area contributed by atoms with E-state index in [9.17, 15) is 10.2 Å². The van der Waals surface area contributed by atoms with Crippen molar-refractivity contribution in [1.82, 2.24) is 0 Å². The minimum atomic E-state index is -0.167. The number of aliphatic hydroxyl groups excluding tert-OH is 2. The quantitative estimate of drug-likeness (QED) is 0.423. The summed E-state index contributed by atoms with van der Waals surface area (Å²) in [5.41, 5.74) is 0.653. The van der Waals surface area contributed by atoms with E-state index in [0.29, 0.717) is 21.2 Å². The number of hydrogen-bond acceptors (Lipinski definition) is 6. The van der Waals surface area contributed by atoms with Crippen LogP contribution in [0, 0.1) is 10.8 Å². The van der Waals surface area contributed by atoms with Gasteiger partial charge < -0.3 is 31.2 Å². The average Bonchev–Trinajstić information content (AvgIpc) is 2.63. The average molecular weight is 437 g/mol. The van der Waals surface area contributed by atoms with E-state index < -0.39 is 0 Å². The molecule has 0 aliphatic rings. The van der Waals surface area contributed by atoms with Crippen molar-refractivity contribution < 1.29 is 37.5 Å². The number of hydrogen-bond donors (Lipinski definition) is 4. The first-order valence-electron chi connectivity index (χ1n) is 6.31. The van der Waals surface area contributed by atoms with Crippen molar-refractivity contribution >= 4 is 35.6 Å². The minimum absolute atomic E-state index is 0. The first-order valence-corrected chi connectivity index (χ1v) is 7.07. The summed E-state index contributed by atoms with van der Waals surface area (Å²) in [4.78, 5) is 0. The number of nitrogens with one attached hydrogen (secondary N) is 2. The fourth-order valence-corrected chi connectivity index (χ4v) is 1.63. The fraction of sp³-hybridized carbons (Fsp3) is 0.125. The van der Waals surface area contributed by atoms with Gasteiger partial charge in [0.1, 0.15) is 0 Å². The van der Waals surface area contributed by atoms with Gasteiger partial charge in [0.05, 0.1) is 0 Å². The minimum Gasteiger partial charge on any atom is -0.872 e. The summed E-state index contributed by atoms with van der Waals surface area (Å²) in [5.74, 6) is -0.334. The Morgan fingerprint density at radius 3 is 1.24 bits per heavy atom. The molecule has 2 rings (SSSR count). The van der Waals surface area contributed by atoms with E-state index in [1.807, 2.05) is 0 Å². The summed E-state index contributed by atoms with van der Waals surface area (Å²) in [5, 5.41) is 50.1. The van der Waals surface area contributed by atoms with Gasteiger partial charge in [-0.2, -0.15) is 0 Å². The molecule has 0 atom stereocenters. The molecule has 0 unspecified atom stereocenters. The number of rotatable bonds is 2. The Morgan fingerprint density at radius 2 is 1.04 bits per heavy atom. The van der Waals surface area contributed by atoms with E-state index in [0.717, 1.165) is 26.6 Å². The number of aliphatic hydroxyl groups is 2. The zero-order valence-corrected chi connectivity index (χ0v) is 15.8. The normalized spacial score (nSPS) is 7.92. The van der Waals surface area contributed by atoms with Gasteiger partial charge >= 0.3 is 17.1 Å². The molecule has 2 aromatic carbocycles. The summed E-state index contributed by atoms with van der Waals surface area (Å²) >= 11 is 11.1. The van der Waals surface area contributed by atoms with Crippen molar-refractivity contribution in [3.05, 3.63) is 57.6 Å². The Hall–Kier alpha value is -1.60. The second-order valence-electron chi connectivity index (χ2n) is 3.65. The molecular weight excluding hydrogens is 419 g/mol. The molecule has 25 heavy (non-hydrogen) atoms. The molecule has 0 saturated heterocycles. The third-order valence-corrected chi connectivity index (χ3v) is 2.72. The first kappa shape index (κ1) is 28.2. The van der Waals surface area contributed by atoms with Gasteiger partial charge in [-0.1, -0.05) is 46.8 Å². The van der Waals surface area contributed by atoms with Crippen LogP contribution in [0.15, 0.2) is 36.4 Å². The molecule has 0 aliphatic carbocycles. The van der Waals surface area contributed by atoms with Crippen LogP contribution < -0.4 is 10.2 Å². The number of benzene rings is 2. The maximum absolute atomic E-state index is 10.8. The van der Waals surface area contributed by atoms with E-state index in [2.05, 4.69) is 0 Å². The smallest absolute Gasteiger partial charge is 0.872 e. The van der Waals surface area contributed by atoms with E-state index in [-0.39, 0.29) is 28.6 Å². The van der Waals surface area contributed by atoms with E-state index >= 15 is 0 Å². The van der Waals surface area contributed by atoms with Crippen molar-refractivity contribution in [3.8, 4) is 11.5 Å². The summed E-state index contributed by atoms with van der Waals surface area (Å²) in [6, 6.07) is 8.66. The fourth-order valence-electron chi connectivity index (χ4n) is 1.26. The van der Waals surface area contributed by atoms with Gasteiger partial charge in [-0.15, -0.1) is 0 Å². The number of halogens is 2. The van der Waals surface area contributed by atoms with Crippen molar-refractivity contribution in [2.75, 3.05) is 14.2 Å². The van der Waals surface area contributed by atoms with E-state index in [1.165, 1.54) is 36.4 Å².